The van der Waals surface area contributed by atoms with E-state index in [1.807, 2.05) is 61.5 Å². The van der Waals surface area contributed by atoms with Gasteiger partial charge in [-0.1, -0.05) is 99.3 Å². The predicted octanol–water partition coefficient (Wildman–Crippen LogP) is 7.04. The number of carbonyl (C=O) groups is 2. The van der Waals surface area contributed by atoms with Crippen LogP contribution in [0.2, 0.25) is 10.0 Å². The molecule has 4 aromatic carbocycles. The van der Waals surface area contributed by atoms with E-state index in [0.717, 1.165) is 25.5 Å². The molecule has 1 atom stereocenters. The van der Waals surface area contributed by atoms with E-state index in [0.29, 0.717) is 6.54 Å². The molecular weight excluding hydrogens is 685 g/mol. The second kappa shape index (κ2) is 15.1. The molecule has 4 aromatic rings. The average molecular weight is 718 g/mol. The number of sulfonamides is 1. The van der Waals surface area contributed by atoms with Crippen molar-refractivity contribution in [3.05, 3.63) is 128 Å². The summed E-state index contributed by atoms with van der Waals surface area (Å²) in [6.07, 6.45) is 0.217. The zero-order valence-corrected chi connectivity index (χ0v) is 28.1. The molecule has 0 bridgehead atoms. The van der Waals surface area contributed by atoms with Crippen molar-refractivity contribution < 1.29 is 18.0 Å². The molecule has 230 valence electrons. The Balaban J connectivity index is 1.83. The fourth-order valence-electron chi connectivity index (χ4n) is 4.71. The summed E-state index contributed by atoms with van der Waals surface area (Å²) >= 11 is 16.3. The average Bonchev–Trinajstić information content (AvgIpc) is 2.99. The molecule has 0 fully saturated rings. The third-order valence-electron chi connectivity index (χ3n) is 6.93. The van der Waals surface area contributed by atoms with Crippen molar-refractivity contribution in [3.8, 4) is 0 Å². The van der Waals surface area contributed by atoms with Crippen LogP contribution in [0.25, 0.3) is 0 Å². The minimum absolute atomic E-state index is 0.0185. The number of carbonyl (C=O) groups excluding carboxylic acids is 2. The number of hydrogen-bond acceptors (Lipinski definition) is 4. The molecule has 2 amide bonds. The number of anilines is 1. The van der Waals surface area contributed by atoms with Crippen molar-refractivity contribution in [3.63, 3.8) is 0 Å². The van der Waals surface area contributed by atoms with Gasteiger partial charge < -0.3 is 10.2 Å². The highest BCUT2D eigenvalue weighted by Crippen LogP contribution is 2.33. The molecule has 0 aliphatic heterocycles. The summed E-state index contributed by atoms with van der Waals surface area (Å²) in [6.45, 7) is 3.42. The monoisotopic (exact) mass is 715 g/mol. The number of likely N-dealkylation sites (N-methyl/N-ethyl adjacent to an activating group) is 1. The Labute approximate surface area is 277 Å². The second-order valence-electron chi connectivity index (χ2n) is 10.2. The SMILES string of the molecule is CCNC(=O)[C@H](Cc1ccccc1)N(Cc1cccc(Br)c1)C(=O)CN(c1cc(Cl)ccc1Cl)S(=O)(=O)c1ccc(C)cc1. The van der Waals surface area contributed by atoms with E-state index < -0.39 is 28.5 Å². The molecule has 0 radical (unpaired) electrons. The van der Waals surface area contributed by atoms with E-state index >= 15 is 0 Å². The van der Waals surface area contributed by atoms with Crippen LogP contribution in [0, 0.1) is 6.92 Å². The highest BCUT2D eigenvalue weighted by molar-refractivity contribution is 9.10. The van der Waals surface area contributed by atoms with Gasteiger partial charge in [-0.05, 0) is 67.4 Å². The van der Waals surface area contributed by atoms with Crippen LogP contribution < -0.4 is 9.62 Å². The molecule has 0 aromatic heterocycles. The number of amides is 2. The zero-order valence-electron chi connectivity index (χ0n) is 24.2. The summed E-state index contributed by atoms with van der Waals surface area (Å²) in [5.41, 5.74) is 2.52. The van der Waals surface area contributed by atoms with Crippen LogP contribution in [0.5, 0.6) is 0 Å². The van der Waals surface area contributed by atoms with Gasteiger partial charge in [-0.2, -0.15) is 0 Å². The van der Waals surface area contributed by atoms with Crippen molar-refractivity contribution in [1.29, 1.82) is 0 Å². The summed E-state index contributed by atoms with van der Waals surface area (Å²) in [4.78, 5) is 29.4. The summed E-state index contributed by atoms with van der Waals surface area (Å²) < 4.78 is 30.0. The van der Waals surface area contributed by atoms with E-state index in [-0.39, 0.29) is 39.5 Å². The molecule has 0 unspecified atom stereocenters. The molecule has 4 rings (SSSR count). The fraction of sp³-hybridized carbons (Fsp3) is 0.212. The lowest BCUT2D eigenvalue weighted by Gasteiger charge is -2.34. The largest absolute Gasteiger partial charge is 0.355 e. The molecule has 1 N–H and O–H groups in total. The molecule has 0 spiro atoms. The number of hydrogen-bond donors (Lipinski definition) is 1. The van der Waals surface area contributed by atoms with Gasteiger partial charge in [0.05, 0.1) is 15.6 Å². The summed E-state index contributed by atoms with van der Waals surface area (Å²) in [7, 11) is -4.30. The smallest absolute Gasteiger partial charge is 0.264 e. The number of nitrogens with zero attached hydrogens (tertiary/aromatic N) is 2. The van der Waals surface area contributed by atoms with Crippen LogP contribution in [-0.2, 0) is 32.6 Å². The molecule has 0 aliphatic carbocycles. The lowest BCUT2D eigenvalue weighted by Crippen LogP contribution is -2.53. The van der Waals surface area contributed by atoms with Crippen molar-refractivity contribution in [2.45, 2.75) is 37.8 Å². The molecule has 7 nitrogen and oxygen atoms in total. The standard InChI is InChI=1S/C33H32BrCl2N3O4S/c1-3-37-33(41)31(19-24-8-5-4-6-9-24)38(21-25-10-7-11-26(34)18-25)32(40)22-39(30-20-27(35)14-17-29(30)36)44(42,43)28-15-12-23(2)13-16-28/h4-18,20,31H,3,19,21-22H2,1-2H3,(H,37,41)/t31-/m0/s1. The Hall–Kier alpha value is -3.37. The first-order valence-corrected chi connectivity index (χ1v) is 16.9. The van der Waals surface area contributed by atoms with E-state index in [2.05, 4.69) is 21.2 Å². The van der Waals surface area contributed by atoms with Crippen LogP contribution in [0.4, 0.5) is 5.69 Å². The van der Waals surface area contributed by atoms with Crippen LogP contribution in [0.1, 0.15) is 23.6 Å². The first kappa shape index (κ1) is 33.5. The molecular formula is C33H32BrCl2N3O4S. The van der Waals surface area contributed by atoms with E-state index in [1.165, 1.54) is 35.2 Å². The summed E-state index contributed by atoms with van der Waals surface area (Å²) in [5.74, 6) is -0.947. The van der Waals surface area contributed by atoms with Crippen LogP contribution in [0.3, 0.4) is 0 Å². The van der Waals surface area contributed by atoms with Gasteiger partial charge in [-0.25, -0.2) is 8.42 Å². The first-order chi connectivity index (χ1) is 21.0. The van der Waals surface area contributed by atoms with Crippen LogP contribution in [0.15, 0.2) is 106 Å². The van der Waals surface area contributed by atoms with E-state index in [1.54, 1.807) is 19.1 Å². The van der Waals surface area contributed by atoms with Crippen molar-refractivity contribution in [2.24, 2.45) is 0 Å². The maximum absolute atomic E-state index is 14.4. The summed E-state index contributed by atoms with van der Waals surface area (Å²) in [6, 6.07) is 26.6. The van der Waals surface area contributed by atoms with Gasteiger partial charge in [0.2, 0.25) is 11.8 Å². The number of halogens is 3. The summed E-state index contributed by atoms with van der Waals surface area (Å²) in [5, 5.41) is 3.19. The molecule has 0 heterocycles. The Morgan fingerprint density at radius 3 is 2.23 bits per heavy atom. The molecule has 11 heteroatoms. The fourth-order valence-corrected chi connectivity index (χ4v) is 7.01. The topological polar surface area (TPSA) is 86.8 Å². The maximum atomic E-state index is 14.4. The number of aryl methyl sites for hydroxylation is 1. The highest BCUT2D eigenvalue weighted by atomic mass is 79.9. The Bertz CT molecular complexity index is 1720. The number of nitrogens with one attached hydrogen (secondary N) is 1. The molecule has 0 aliphatic rings. The van der Waals surface area contributed by atoms with Gasteiger partial charge in [-0.3, -0.25) is 13.9 Å². The van der Waals surface area contributed by atoms with Crippen molar-refractivity contribution in [2.75, 3.05) is 17.4 Å². The Morgan fingerprint density at radius 2 is 1.57 bits per heavy atom. The number of rotatable bonds is 12. The molecule has 44 heavy (non-hydrogen) atoms. The molecule has 0 saturated heterocycles. The lowest BCUT2D eigenvalue weighted by atomic mass is 10.0. The highest BCUT2D eigenvalue weighted by Gasteiger charge is 2.35. The number of benzene rings is 4. The zero-order chi connectivity index (χ0) is 31.9. The minimum atomic E-state index is -4.30. The lowest BCUT2D eigenvalue weighted by molar-refractivity contribution is -0.140. The maximum Gasteiger partial charge on any atom is 0.264 e. The van der Waals surface area contributed by atoms with Crippen LogP contribution >= 0.6 is 39.1 Å². The van der Waals surface area contributed by atoms with Gasteiger partial charge in [0, 0.05) is 29.0 Å². The second-order valence-corrected chi connectivity index (χ2v) is 13.8. The van der Waals surface area contributed by atoms with Gasteiger partial charge in [0.15, 0.2) is 0 Å². The van der Waals surface area contributed by atoms with Gasteiger partial charge >= 0.3 is 0 Å². The third kappa shape index (κ3) is 8.41. The minimum Gasteiger partial charge on any atom is -0.355 e. The quantitative estimate of drug-likeness (QED) is 0.171. The third-order valence-corrected chi connectivity index (χ3v) is 9.75. The van der Waals surface area contributed by atoms with Crippen molar-refractivity contribution >= 4 is 66.7 Å². The van der Waals surface area contributed by atoms with E-state index in [9.17, 15) is 18.0 Å². The van der Waals surface area contributed by atoms with Gasteiger partial charge in [-0.15, -0.1) is 0 Å². The Kier molecular flexibility index (Phi) is 11.5. The predicted molar refractivity (Wildman–Crippen MR) is 179 cm³/mol. The van der Waals surface area contributed by atoms with Gasteiger partial charge in [0.25, 0.3) is 10.0 Å². The van der Waals surface area contributed by atoms with Crippen molar-refractivity contribution in [1.82, 2.24) is 10.2 Å². The first-order valence-electron chi connectivity index (χ1n) is 13.9. The Morgan fingerprint density at radius 1 is 0.886 bits per heavy atom. The van der Waals surface area contributed by atoms with Crippen LogP contribution in [-0.4, -0.2) is 44.3 Å². The normalized spacial score (nSPS) is 11.9. The van der Waals surface area contributed by atoms with Gasteiger partial charge in [0.1, 0.15) is 12.6 Å². The molecule has 0 saturated carbocycles. The van der Waals surface area contributed by atoms with E-state index in [4.69, 9.17) is 23.2 Å².